The summed E-state index contributed by atoms with van der Waals surface area (Å²) < 4.78 is 9.42. The van der Waals surface area contributed by atoms with Crippen molar-refractivity contribution in [3.8, 4) is 0 Å². The minimum Gasteiger partial charge on any atom is -0.463 e. The molecule has 60 valence electrons. The standard InChI is InChI=1S/C7H9NO3/c1-3-5-4-8-6(11-5)7(9)10-2/h3,5H,1,4H2,2H3. The number of ether oxygens (including phenoxy) is 2. The van der Waals surface area contributed by atoms with E-state index < -0.39 is 5.97 Å². The molecule has 0 spiro atoms. The van der Waals surface area contributed by atoms with Crippen molar-refractivity contribution in [2.24, 2.45) is 4.99 Å². The third-order valence-corrected chi connectivity index (χ3v) is 1.30. The minimum atomic E-state index is -0.533. The number of hydrogen-bond donors (Lipinski definition) is 0. The molecular formula is C7H9NO3. The molecule has 4 nitrogen and oxygen atoms in total. The van der Waals surface area contributed by atoms with E-state index in [0.29, 0.717) is 6.54 Å². The first-order valence-electron chi connectivity index (χ1n) is 3.20. The van der Waals surface area contributed by atoms with Gasteiger partial charge in [-0.05, 0) is 6.08 Å². The number of carbonyl (C=O) groups excluding carboxylic acids is 1. The second-order valence-electron chi connectivity index (χ2n) is 2.03. The topological polar surface area (TPSA) is 47.9 Å². The summed E-state index contributed by atoms with van der Waals surface area (Å²) >= 11 is 0. The van der Waals surface area contributed by atoms with Crippen LogP contribution in [0.15, 0.2) is 17.6 Å². The van der Waals surface area contributed by atoms with E-state index in [-0.39, 0.29) is 12.0 Å². The van der Waals surface area contributed by atoms with Gasteiger partial charge in [-0.2, -0.15) is 0 Å². The number of hydrogen-bond acceptors (Lipinski definition) is 4. The summed E-state index contributed by atoms with van der Waals surface area (Å²) in [4.78, 5) is 14.6. The van der Waals surface area contributed by atoms with E-state index in [0.717, 1.165) is 0 Å². The van der Waals surface area contributed by atoms with E-state index in [9.17, 15) is 4.79 Å². The third-order valence-electron chi connectivity index (χ3n) is 1.30. The molecule has 0 N–H and O–H groups in total. The summed E-state index contributed by atoms with van der Waals surface area (Å²) in [6.07, 6.45) is 1.42. The van der Waals surface area contributed by atoms with Gasteiger partial charge in [0.25, 0.3) is 5.90 Å². The molecule has 1 rings (SSSR count). The molecule has 1 unspecified atom stereocenters. The van der Waals surface area contributed by atoms with Gasteiger partial charge in [-0.3, -0.25) is 0 Å². The molecule has 0 aromatic heterocycles. The van der Waals surface area contributed by atoms with E-state index in [2.05, 4.69) is 16.3 Å². The molecule has 4 heteroatoms. The largest absolute Gasteiger partial charge is 0.463 e. The number of aliphatic imine (C=N–C) groups is 1. The molecule has 0 aromatic carbocycles. The summed E-state index contributed by atoms with van der Waals surface area (Å²) in [5, 5.41) is 0. The van der Waals surface area contributed by atoms with Crippen LogP contribution in [0, 0.1) is 0 Å². The fourth-order valence-corrected chi connectivity index (χ4v) is 0.713. The summed E-state index contributed by atoms with van der Waals surface area (Å²) in [6.45, 7) is 3.96. The van der Waals surface area contributed by atoms with E-state index in [1.165, 1.54) is 7.11 Å². The SMILES string of the molecule is C=CC1CN=C(C(=O)OC)O1. The number of methoxy groups -OCH3 is 1. The maximum absolute atomic E-state index is 10.8. The minimum absolute atomic E-state index is 0.0393. The first kappa shape index (κ1) is 7.78. The highest BCUT2D eigenvalue weighted by molar-refractivity contribution is 6.33. The van der Waals surface area contributed by atoms with Crippen LogP contribution >= 0.6 is 0 Å². The van der Waals surface area contributed by atoms with Crippen molar-refractivity contribution in [3.05, 3.63) is 12.7 Å². The number of carbonyl (C=O) groups is 1. The third kappa shape index (κ3) is 1.58. The van der Waals surface area contributed by atoms with Crippen molar-refractivity contribution in [2.75, 3.05) is 13.7 Å². The fourth-order valence-electron chi connectivity index (χ4n) is 0.713. The smallest absolute Gasteiger partial charge is 0.393 e. The highest BCUT2D eigenvalue weighted by atomic mass is 16.6. The van der Waals surface area contributed by atoms with Gasteiger partial charge in [-0.15, -0.1) is 0 Å². The van der Waals surface area contributed by atoms with Crippen LogP contribution in [0.4, 0.5) is 0 Å². The summed E-state index contributed by atoms with van der Waals surface area (Å²) in [5.74, 6) is -0.494. The van der Waals surface area contributed by atoms with E-state index in [1.807, 2.05) is 0 Å². The Balaban J connectivity index is 2.52. The maximum atomic E-state index is 10.8. The summed E-state index contributed by atoms with van der Waals surface area (Å²) in [7, 11) is 1.29. The van der Waals surface area contributed by atoms with Gasteiger partial charge in [-0.1, -0.05) is 6.58 Å². The Kier molecular flexibility index (Phi) is 2.25. The van der Waals surface area contributed by atoms with Crippen molar-refractivity contribution in [2.45, 2.75) is 6.10 Å². The molecule has 1 atom stereocenters. The molecule has 0 radical (unpaired) electrons. The molecule has 0 amide bonds. The Morgan fingerprint density at radius 1 is 2.00 bits per heavy atom. The second kappa shape index (κ2) is 3.18. The Hall–Kier alpha value is -1.32. The van der Waals surface area contributed by atoms with E-state index >= 15 is 0 Å². The number of esters is 1. The predicted octanol–water partition coefficient (Wildman–Crippen LogP) is 0.143. The van der Waals surface area contributed by atoms with Gasteiger partial charge in [-0.25, -0.2) is 9.79 Å². The van der Waals surface area contributed by atoms with Crippen LogP contribution in [0.3, 0.4) is 0 Å². The summed E-state index contributed by atoms with van der Waals surface area (Å²) in [6, 6.07) is 0. The average molecular weight is 155 g/mol. The monoisotopic (exact) mass is 155 g/mol. The Labute approximate surface area is 64.5 Å². The van der Waals surface area contributed by atoms with Crippen molar-refractivity contribution in [1.82, 2.24) is 0 Å². The average Bonchev–Trinajstić information content (AvgIpc) is 2.50. The zero-order valence-corrected chi connectivity index (χ0v) is 6.24. The molecule has 1 heterocycles. The van der Waals surface area contributed by atoms with E-state index in [1.54, 1.807) is 6.08 Å². The Bertz CT molecular complexity index is 210. The Morgan fingerprint density at radius 2 is 2.73 bits per heavy atom. The first-order valence-corrected chi connectivity index (χ1v) is 3.20. The van der Waals surface area contributed by atoms with Gasteiger partial charge in [0.1, 0.15) is 6.10 Å². The van der Waals surface area contributed by atoms with Crippen LogP contribution in [-0.4, -0.2) is 31.6 Å². The van der Waals surface area contributed by atoms with Crippen LogP contribution in [0.2, 0.25) is 0 Å². The second-order valence-corrected chi connectivity index (χ2v) is 2.03. The zero-order valence-electron chi connectivity index (χ0n) is 6.24. The normalized spacial score (nSPS) is 21.9. The highest BCUT2D eigenvalue weighted by Gasteiger charge is 2.23. The van der Waals surface area contributed by atoms with Gasteiger partial charge in [0.15, 0.2) is 0 Å². The first-order chi connectivity index (χ1) is 5.27. The van der Waals surface area contributed by atoms with Crippen molar-refractivity contribution in [3.63, 3.8) is 0 Å². The van der Waals surface area contributed by atoms with Crippen LogP contribution < -0.4 is 0 Å². The van der Waals surface area contributed by atoms with Crippen LogP contribution in [-0.2, 0) is 14.3 Å². The van der Waals surface area contributed by atoms with Crippen molar-refractivity contribution in [1.29, 1.82) is 0 Å². The molecule has 0 saturated heterocycles. The van der Waals surface area contributed by atoms with Crippen molar-refractivity contribution >= 4 is 11.9 Å². The van der Waals surface area contributed by atoms with Gasteiger partial charge in [0.05, 0.1) is 13.7 Å². The van der Waals surface area contributed by atoms with Gasteiger partial charge < -0.3 is 9.47 Å². The van der Waals surface area contributed by atoms with Gasteiger partial charge in [0.2, 0.25) is 0 Å². The lowest BCUT2D eigenvalue weighted by Gasteiger charge is -2.03. The molecule has 1 aliphatic heterocycles. The number of nitrogens with zero attached hydrogens (tertiary/aromatic N) is 1. The molecule has 0 aliphatic carbocycles. The molecule has 0 fully saturated rings. The lowest BCUT2D eigenvalue weighted by molar-refractivity contribution is -0.134. The molecular weight excluding hydrogens is 146 g/mol. The van der Waals surface area contributed by atoms with Gasteiger partial charge >= 0.3 is 5.97 Å². The van der Waals surface area contributed by atoms with E-state index in [4.69, 9.17) is 4.74 Å². The molecule has 0 saturated carbocycles. The molecule has 0 bridgehead atoms. The fraction of sp³-hybridized carbons (Fsp3) is 0.429. The van der Waals surface area contributed by atoms with Crippen molar-refractivity contribution < 1.29 is 14.3 Å². The lowest BCUT2D eigenvalue weighted by Crippen LogP contribution is -2.18. The highest BCUT2D eigenvalue weighted by Crippen LogP contribution is 2.05. The lowest BCUT2D eigenvalue weighted by atomic mass is 10.4. The number of rotatable bonds is 2. The van der Waals surface area contributed by atoms with Gasteiger partial charge in [0, 0.05) is 0 Å². The Morgan fingerprint density at radius 3 is 3.18 bits per heavy atom. The predicted molar refractivity (Wildman–Crippen MR) is 39.4 cm³/mol. The molecule has 11 heavy (non-hydrogen) atoms. The molecule has 0 aromatic rings. The quantitative estimate of drug-likeness (QED) is 0.421. The van der Waals surface area contributed by atoms with Crippen LogP contribution in [0.25, 0.3) is 0 Å². The van der Waals surface area contributed by atoms with Crippen LogP contribution in [0.5, 0.6) is 0 Å². The zero-order chi connectivity index (χ0) is 8.27. The molecule has 1 aliphatic rings. The summed E-state index contributed by atoms with van der Waals surface area (Å²) in [5.41, 5.74) is 0. The maximum Gasteiger partial charge on any atom is 0.393 e. The van der Waals surface area contributed by atoms with Crippen LogP contribution in [0.1, 0.15) is 0 Å².